The van der Waals surface area contributed by atoms with Crippen LogP contribution in [0.2, 0.25) is 0 Å². The van der Waals surface area contributed by atoms with Gasteiger partial charge in [-0.2, -0.15) is 4.98 Å². The highest BCUT2D eigenvalue weighted by molar-refractivity contribution is 6.14. The largest absolute Gasteiger partial charge is 0.424 e. The summed E-state index contributed by atoms with van der Waals surface area (Å²) in [5.41, 5.74) is 8.30. The molecule has 4 aromatic heterocycles. The molecule has 0 atom stereocenters. The second-order valence-electron chi connectivity index (χ2n) is 11.2. The van der Waals surface area contributed by atoms with Crippen LogP contribution in [0, 0.1) is 0 Å². The maximum atomic E-state index is 14.0. The van der Waals surface area contributed by atoms with Crippen LogP contribution in [0.4, 0.5) is 0 Å². The van der Waals surface area contributed by atoms with Gasteiger partial charge in [0.2, 0.25) is 0 Å². The molecule has 0 saturated carbocycles. The number of aromatic nitrogens is 4. The van der Waals surface area contributed by atoms with Crippen LogP contribution in [-0.2, 0) is 0 Å². The fourth-order valence-electron chi connectivity index (χ4n) is 6.97. The molecule has 4 heterocycles. The lowest BCUT2D eigenvalue weighted by Gasteiger charge is -2.10. The van der Waals surface area contributed by atoms with Gasteiger partial charge in [-0.25, -0.2) is 4.40 Å². The first-order valence-electron chi connectivity index (χ1n) is 14.6. The number of benzene rings is 6. The highest BCUT2D eigenvalue weighted by atomic mass is 16.4. The fourth-order valence-corrected chi connectivity index (χ4v) is 6.97. The second-order valence-corrected chi connectivity index (χ2v) is 11.2. The van der Waals surface area contributed by atoms with E-state index in [2.05, 4.69) is 99.0 Å². The van der Waals surface area contributed by atoms with Gasteiger partial charge in [0.15, 0.2) is 0 Å². The van der Waals surface area contributed by atoms with Gasteiger partial charge in [-0.3, -0.25) is 4.79 Å². The minimum Gasteiger partial charge on any atom is -0.424 e. The summed E-state index contributed by atoms with van der Waals surface area (Å²) < 4.78 is 12.4. The first-order chi connectivity index (χ1) is 21.7. The minimum atomic E-state index is -0.143. The predicted octanol–water partition coefficient (Wildman–Crippen LogP) is 8.79. The summed E-state index contributed by atoms with van der Waals surface area (Å²) >= 11 is 0. The summed E-state index contributed by atoms with van der Waals surface area (Å²) in [6.45, 7) is 0. The quantitative estimate of drug-likeness (QED) is 0.210. The zero-order valence-corrected chi connectivity index (χ0v) is 23.3. The van der Waals surface area contributed by atoms with Crippen LogP contribution >= 0.6 is 0 Å². The average molecular weight is 567 g/mol. The standard InChI is InChI=1S/C38H22N4O2/c43-37-29-21-35-28(22-36(29)44-38-39-30-14-6-9-17-34(30)42(37)38)26-13-5-8-16-32(26)41(35)24-18-19-33-27(20-24)25-12-4-7-15-31(25)40(33)23-10-2-1-3-11-23/h1-22H. The van der Waals surface area contributed by atoms with Gasteiger partial charge in [0, 0.05) is 32.9 Å². The molecule has 0 amide bonds. The van der Waals surface area contributed by atoms with E-state index in [-0.39, 0.29) is 5.56 Å². The molecule has 10 rings (SSSR count). The van der Waals surface area contributed by atoms with E-state index in [1.54, 1.807) is 4.40 Å². The maximum Gasteiger partial charge on any atom is 0.310 e. The molecule has 0 N–H and O–H groups in total. The van der Waals surface area contributed by atoms with E-state index in [1.807, 2.05) is 48.5 Å². The van der Waals surface area contributed by atoms with E-state index in [0.29, 0.717) is 16.8 Å². The lowest BCUT2D eigenvalue weighted by Crippen LogP contribution is -2.12. The van der Waals surface area contributed by atoms with Gasteiger partial charge in [0.25, 0.3) is 5.56 Å². The van der Waals surface area contributed by atoms with Crippen LogP contribution in [0.25, 0.3) is 82.8 Å². The molecule has 0 saturated heterocycles. The number of fused-ring (bicyclic) bond motifs is 10. The summed E-state index contributed by atoms with van der Waals surface area (Å²) in [6, 6.07) is 45.6. The van der Waals surface area contributed by atoms with Gasteiger partial charge in [0.1, 0.15) is 5.58 Å². The summed E-state index contributed by atoms with van der Waals surface area (Å²) in [5, 5.41) is 4.98. The monoisotopic (exact) mass is 566 g/mol. The van der Waals surface area contributed by atoms with Gasteiger partial charge in [-0.05, 0) is 66.7 Å². The van der Waals surface area contributed by atoms with Crippen molar-refractivity contribution in [3.63, 3.8) is 0 Å². The maximum absolute atomic E-state index is 14.0. The van der Waals surface area contributed by atoms with E-state index in [9.17, 15) is 4.79 Å². The molecule has 0 aliphatic heterocycles. The Kier molecular flexibility index (Phi) is 4.50. The van der Waals surface area contributed by atoms with Crippen LogP contribution in [0.15, 0.2) is 143 Å². The SMILES string of the molecule is O=c1c2cc3c(cc2oc2nc4ccccc4n12)c1ccccc1n3-c1ccc2c(c1)c1ccccc1n2-c1ccccc1. The normalized spacial score (nSPS) is 12.2. The minimum absolute atomic E-state index is 0.143. The Hall–Kier alpha value is -6.14. The van der Waals surface area contributed by atoms with Crippen LogP contribution < -0.4 is 5.56 Å². The number of hydrogen-bond donors (Lipinski definition) is 0. The highest BCUT2D eigenvalue weighted by Gasteiger charge is 2.19. The molecule has 44 heavy (non-hydrogen) atoms. The van der Waals surface area contributed by atoms with Crippen molar-refractivity contribution in [3.05, 3.63) is 144 Å². The number of imidazole rings is 1. The first kappa shape index (κ1) is 23.4. The van der Waals surface area contributed by atoms with E-state index >= 15 is 0 Å². The Morgan fingerprint density at radius 3 is 1.86 bits per heavy atom. The van der Waals surface area contributed by atoms with E-state index in [0.717, 1.165) is 55.2 Å². The molecule has 6 aromatic carbocycles. The predicted molar refractivity (Wildman–Crippen MR) is 177 cm³/mol. The first-order valence-corrected chi connectivity index (χ1v) is 14.6. The molecule has 6 heteroatoms. The Morgan fingerprint density at radius 1 is 0.477 bits per heavy atom. The van der Waals surface area contributed by atoms with Crippen LogP contribution in [-0.4, -0.2) is 18.5 Å². The molecule has 10 aromatic rings. The van der Waals surface area contributed by atoms with E-state index < -0.39 is 0 Å². The number of para-hydroxylation sites is 5. The number of nitrogens with zero attached hydrogens (tertiary/aromatic N) is 4. The van der Waals surface area contributed by atoms with Gasteiger partial charge in [0.05, 0.1) is 38.5 Å². The van der Waals surface area contributed by atoms with Gasteiger partial charge < -0.3 is 13.6 Å². The number of hydrogen-bond acceptors (Lipinski definition) is 3. The van der Waals surface area contributed by atoms with Crippen molar-refractivity contribution in [2.45, 2.75) is 0 Å². The smallest absolute Gasteiger partial charge is 0.310 e. The third-order valence-electron chi connectivity index (χ3n) is 8.87. The van der Waals surface area contributed by atoms with Crippen molar-refractivity contribution in [2.75, 3.05) is 0 Å². The zero-order chi connectivity index (χ0) is 28.9. The molecule has 6 nitrogen and oxygen atoms in total. The Morgan fingerprint density at radius 2 is 1.09 bits per heavy atom. The van der Waals surface area contributed by atoms with Gasteiger partial charge >= 0.3 is 5.84 Å². The van der Waals surface area contributed by atoms with Crippen molar-refractivity contribution < 1.29 is 4.42 Å². The van der Waals surface area contributed by atoms with Gasteiger partial charge in [-0.1, -0.05) is 66.7 Å². The molecule has 0 aliphatic rings. The summed E-state index contributed by atoms with van der Waals surface area (Å²) in [6.07, 6.45) is 0. The van der Waals surface area contributed by atoms with Crippen molar-refractivity contribution in [1.29, 1.82) is 0 Å². The van der Waals surface area contributed by atoms with Crippen molar-refractivity contribution in [1.82, 2.24) is 18.5 Å². The molecule has 0 fully saturated rings. The summed E-state index contributed by atoms with van der Waals surface area (Å²) in [4.78, 5) is 18.6. The molecule has 0 bridgehead atoms. The van der Waals surface area contributed by atoms with Crippen LogP contribution in [0.3, 0.4) is 0 Å². The molecular formula is C38H22N4O2. The molecule has 0 aliphatic carbocycles. The molecule has 0 radical (unpaired) electrons. The molecule has 0 spiro atoms. The average Bonchev–Trinajstić information content (AvgIpc) is 3.72. The third-order valence-corrected chi connectivity index (χ3v) is 8.87. The van der Waals surface area contributed by atoms with Crippen molar-refractivity contribution in [3.8, 4) is 11.4 Å². The van der Waals surface area contributed by atoms with E-state index in [4.69, 9.17) is 4.42 Å². The molecule has 206 valence electrons. The Balaban J connectivity index is 1.31. The Bertz CT molecular complexity index is 2850. The van der Waals surface area contributed by atoms with Crippen LogP contribution in [0.1, 0.15) is 0 Å². The Labute approximate surface area is 249 Å². The second kappa shape index (κ2) is 8.46. The van der Waals surface area contributed by atoms with Crippen molar-refractivity contribution >= 4 is 71.5 Å². The molecule has 0 unspecified atom stereocenters. The fraction of sp³-hybridized carbons (Fsp3) is 0. The summed E-state index contributed by atoms with van der Waals surface area (Å²) in [7, 11) is 0. The van der Waals surface area contributed by atoms with Gasteiger partial charge in [-0.15, -0.1) is 0 Å². The lowest BCUT2D eigenvalue weighted by atomic mass is 10.1. The van der Waals surface area contributed by atoms with Crippen molar-refractivity contribution in [2.24, 2.45) is 0 Å². The highest BCUT2D eigenvalue weighted by Crippen LogP contribution is 2.38. The third kappa shape index (κ3) is 3.03. The topological polar surface area (TPSA) is 57.4 Å². The zero-order valence-electron chi connectivity index (χ0n) is 23.3. The number of rotatable bonds is 2. The van der Waals surface area contributed by atoms with E-state index in [1.165, 1.54) is 10.8 Å². The molecular weight excluding hydrogens is 544 g/mol. The summed E-state index contributed by atoms with van der Waals surface area (Å²) in [5.74, 6) is 0.298. The lowest BCUT2D eigenvalue weighted by molar-refractivity contribution is 0.617. The van der Waals surface area contributed by atoms with Crippen LogP contribution in [0.5, 0.6) is 0 Å².